The van der Waals surface area contributed by atoms with E-state index in [1.54, 1.807) is 25.3 Å². The fourth-order valence-corrected chi connectivity index (χ4v) is 2.04. The van der Waals surface area contributed by atoms with Crippen molar-refractivity contribution in [1.82, 2.24) is 0 Å². The Bertz CT molecular complexity index is 428. The molecule has 1 aliphatic rings. The van der Waals surface area contributed by atoms with Gasteiger partial charge in [-0.3, -0.25) is 4.79 Å². The smallest absolute Gasteiger partial charge is 0.234 e. The van der Waals surface area contributed by atoms with Crippen LogP contribution in [0.3, 0.4) is 0 Å². The monoisotopic (exact) mass is 205 g/mol. The summed E-state index contributed by atoms with van der Waals surface area (Å²) in [5.41, 5.74) is 1.18. The number of halogens is 1. The first-order chi connectivity index (χ1) is 7.16. The molecule has 1 atom stereocenters. The number of hydrogen-bond donors (Lipinski definition) is 0. The number of hydrogen-bond acceptors (Lipinski definition) is 1. The van der Waals surface area contributed by atoms with Gasteiger partial charge in [0.05, 0.1) is 11.6 Å². The summed E-state index contributed by atoms with van der Waals surface area (Å²) >= 11 is 0. The number of allylic oxidation sites excluding steroid dienone is 1. The van der Waals surface area contributed by atoms with Crippen LogP contribution in [0, 0.1) is 5.82 Å². The van der Waals surface area contributed by atoms with Gasteiger partial charge in [0.1, 0.15) is 5.82 Å². The molecule has 15 heavy (non-hydrogen) atoms. The summed E-state index contributed by atoms with van der Waals surface area (Å²) in [5, 5.41) is 0. The second kappa shape index (κ2) is 3.50. The van der Waals surface area contributed by atoms with E-state index in [1.807, 2.05) is 0 Å². The van der Waals surface area contributed by atoms with E-state index in [1.165, 1.54) is 11.0 Å². The summed E-state index contributed by atoms with van der Waals surface area (Å²) in [4.78, 5) is 13.2. The van der Waals surface area contributed by atoms with Gasteiger partial charge < -0.3 is 4.90 Å². The second-order valence-electron chi connectivity index (χ2n) is 3.65. The molecule has 0 fully saturated rings. The van der Waals surface area contributed by atoms with E-state index < -0.39 is 0 Å². The van der Waals surface area contributed by atoms with Gasteiger partial charge >= 0.3 is 0 Å². The molecule has 2 rings (SSSR count). The van der Waals surface area contributed by atoms with Crippen LogP contribution in [0.4, 0.5) is 10.1 Å². The predicted molar refractivity (Wildman–Crippen MR) is 57.4 cm³/mol. The van der Waals surface area contributed by atoms with Crippen LogP contribution in [-0.2, 0) is 4.79 Å². The summed E-state index contributed by atoms with van der Waals surface area (Å²) in [5.74, 6) is -0.664. The van der Waals surface area contributed by atoms with Gasteiger partial charge in [0.2, 0.25) is 5.91 Å². The molecule has 2 nitrogen and oxygen atoms in total. The van der Waals surface area contributed by atoms with Gasteiger partial charge in [-0.1, -0.05) is 18.2 Å². The van der Waals surface area contributed by atoms with Crippen molar-refractivity contribution in [3.8, 4) is 0 Å². The average Bonchev–Trinajstić information content (AvgIpc) is 2.45. The molecule has 0 N–H and O–H groups in total. The van der Waals surface area contributed by atoms with E-state index in [0.29, 0.717) is 12.1 Å². The van der Waals surface area contributed by atoms with Crippen molar-refractivity contribution in [2.24, 2.45) is 0 Å². The summed E-state index contributed by atoms with van der Waals surface area (Å²) in [7, 11) is 1.60. The third kappa shape index (κ3) is 1.35. The Hall–Kier alpha value is -1.64. The highest BCUT2D eigenvalue weighted by atomic mass is 19.1. The molecule has 0 spiro atoms. The van der Waals surface area contributed by atoms with E-state index in [4.69, 9.17) is 0 Å². The molecule has 0 saturated carbocycles. The summed E-state index contributed by atoms with van der Waals surface area (Å²) < 4.78 is 13.5. The Morgan fingerprint density at radius 3 is 3.00 bits per heavy atom. The van der Waals surface area contributed by atoms with Crippen LogP contribution in [-0.4, -0.2) is 13.0 Å². The third-order valence-electron chi connectivity index (χ3n) is 2.76. The van der Waals surface area contributed by atoms with Crippen molar-refractivity contribution in [2.45, 2.75) is 12.3 Å². The number of amides is 1. The molecule has 3 heteroatoms. The zero-order chi connectivity index (χ0) is 11.0. The van der Waals surface area contributed by atoms with E-state index >= 15 is 0 Å². The normalized spacial score (nSPS) is 19.2. The molecule has 0 aliphatic carbocycles. The van der Waals surface area contributed by atoms with Crippen LogP contribution in [0.15, 0.2) is 30.9 Å². The average molecular weight is 205 g/mol. The fourth-order valence-electron chi connectivity index (χ4n) is 2.04. The van der Waals surface area contributed by atoms with Crippen LogP contribution in [0.25, 0.3) is 0 Å². The molecule has 1 amide bonds. The Balaban J connectivity index is 2.55. The number of para-hydroxylation sites is 1. The molecule has 0 bridgehead atoms. The Morgan fingerprint density at radius 1 is 1.60 bits per heavy atom. The molecule has 1 aliphatic heterocycles. The van der Waals surface area contributed by atoms with Crippen LogP contribution in [0.5, 0.6) is 0 Å². The van der Waals surface area contributed by atoms with Gasteiger partial charge in [0.15, 0.2) is 0 Å². The quantitative estimate of drug-likeness (QED) is 0.679. The predicted octanol–water partition coefficient (Wildman–Crippen LogP) is 2.46. The first-order valence-electron chi connectivity index (χ1n) is 4.83. The van der Waals surface area contributed by atoms with Crippen LogP contribution >= 0.6 is 0 Å². The zero-order valence-electron chi connectivity index (χ0n) is 8.53. The Kier molecular flexibility index (Phi) is 2.31. The van der Waals surface area contributed by atoms with Crippen molar-refractivity contribution >= 4 is 11.6 Å². The Labute approximate surface area is 88.0 Å². The Morgan fingerprint density at radius 2 is 2.33 bits per heavy atom. The van der Waals surface area contributed by atoms with Crippen molar-refractivity contribution in [2.75, 3.05) is 11.9 Å². The van der Waals surface area contributed by atoms with Gasteiger partial charge in [-0.25, -0.2) is 4.39 Å². The molecule has 0 saturated heterocycles. The maximum atomic E-state index is 13.5. The van der Waals surface area contributed by atoms with Crippen LogP contribution in [0.1, 0.15) is 17.9 Å². The minimum atomic E-state index is -0.338. The summed E-state index contributed by atoms with van der Waals surface area (Å²) in [6.45, 7) is 3.61. The molecule has 78 valence electrons. The van der Waals surface area contributed by atoms with E-state index in [9.17, 15) is 9.18 Å². The lowest BCUT2D eigenvalue weighted by atomic mass is 9.97. The lowest BCUT2D eigenvalue weighted by molar-refractivity contribution is -0.119. The molecule has 0 radical (unpaired) electrons. The first-order valence-corrected chi connectivity index (χ1v) is 4.83. The van der Waals surface area contributed by atoms with Crippen LogP contribution < -0.4 is 4.90 Å². The maximum Gasteiger partial charge on any atom is 0.234 e. The third-order valence-corrected chi connectivity index (χ3v) is 2.76. The molecular weight excluding hydrogens is 193 g/mol. The lowest BCUT2D eigenvalue weighted by Crippen LogP contribution is -2.24. The summed E-state index contributed by atoms with van der Waals surface area (Å²) in [6, 6.07) is 4.81. The van der Waals surface area contributed by atoms with Crippen LogP contribution in [0.2, 0.25) is 0 Å². The topological polar surface area (TPSA) is 20.3 Å². The minimum Gasteiger partial charge on any atom is -0.312 e. The van der Waals surface area contributed by atoms with Gasteiger partial charge in [0.25, 0.3) is 0 Å². The number of likely N-dealkylation sites (N-methyl/N-ethyl adjacent to an activating group) is 1. The maximum absolute atomic E-state index is 13.5. The molecule has 0 aromatic heterocycles. The van der Waals surface area contributed by atoms with Gasteiger partial charge in [0, 0.05) is 7.05 Å². The van der Waals surface area contributed by atoms with Crippen molar-refractivity contribution in [3.05, 3.63) is 42.2 Å². The number of rotatable bonds is 2. The number of fused-ring (bicyclic) bond motifs is 1. The highest BCUT2D eigenvalue weighted by Gasteiger charge is 2.35. The number of nitrogens with zero attached hydrogens (tertiary/aromatic N) is 1. The van der Waals surface area contributed by atoms with Crippen molar-refractivity contribution < 1.29 is 9.18 Å². The molecule has 1 aromatic carbocycles. The largest absolute Gasteiger partial charge is 0.312 e. The number of anilines is 1. The SMILES string of the molecule is C=CCC1C(=O)N(C)c2c(F)cccc21. The fraction of sp³-hybridized carbons (Fsp3) is 0.250. The van der Waals surface area contributed by atoms with Gasteiger partial charge in [-0.2, -0.15) is 0 Å². The molecule has 1 unspecified atom stereocenters. The highest BCUT2D eigenvalue weighted by molar-refractivity contribution is 6.04. The van der Waals surface area contributed by atoms with Gasteiger partial charge in [-0.15, -0.1) is 6.58 Å². The highest BCUT2D eigenvalue weighted by Crippen LogP contribution is 2.39. The number of carbonyl (C=O) groups is 1. The molecular formula is C12H12FNO. The first kappa shape index (κ1) is 9.90. The minimum absolute atomic E-state index is 0.0602. The van der Waals surface area contributed by atoms with E-state index in [0.717, 1.165) is 5.56 Å². The number of benzene rings is 1. The number of carbonyl (C=O) groups excluding carboxylic acids is 1. The van der Waals surface area contributed by atoms with E-state index in [2.05, 4.69) is 6.58 Å². The molecule has 1 heterocycles. The lowest BCUT2D eigenvalue weighted by Gasteiger charge is -2.10. The summed E-state index contributed by atoms with van der Waals surface area (Å²) in [6.07, 6.45) is 2.25. The van der Waals surface area contributed by atoms with Gasteiger partial charge in [-0.05, 0) is 18.1 Å². The van der Waals surface area contributed by atoms with Crippen molar-refractivity contribution in [1.29, 1.82) is 0 Å². The molecule has 1 aromatic rings. The second-order valence-corrected chi connectivity index (χ2v) is 3.65. The standard InChI is InChI=1S/C12H12FNO/c1-3-5-9-8-6-4-7-10(13)11(8)14(2)12(9)15/h3-4,6-7,9H,1,5H2,2H3. The zero-order valence-corrected chi connectivity index (χ0v) is 8.53. The van der Waals surface area contributed by atoms with Crippen molar-refractivity contribution in [3.63, 3.8) is 0 Å². The van der Waals surface area contributed by atoms with E-state index in [-0.39, 0.29) is 17.6 Å².